The van der Waals surface area contributed by atoms with Crippen LogP contribution in [-0.2, 0) is 4.79 Å². The third-order valence-electron chi connectivity index (χ3n) is 5.01. The molecule has 0 aliphatic heterocycles. The molecule has 136 valence electrons. The van der Waals surface area contributed by atoms with Crippen molar-refractivity contribution >= 4 is 5.78 Å². The van der Waals surface area contributed by atoms with Crippen LogP contribution in [0.5, 0.6) is 0 Å². The Hall–Kier alpha value is -2.99. The lowest BCUT2D eigenvalue weighted by Gasteiger charge is -2.06. The van der Waals surface area contributed by atoms with E-state index in [1.807, 2.05) is 6.07 Å². The molecule has 0 unspecified atom stereocenters. The minimum absolute atomic E-state index is 0.358. The van der Waals surface area contributed by atoms with Gasteiger partial charge in [0.25, 0.3) is 0 Å². The first-order valence-electron chi connectivity index (χ1n) is 8.51. The summed E-state index contributed by atoms with van der Waals surface area (Å²) < 4.78 is 28.4. The minimum Gasteiger partial charge on any atom is -0.388 e. The summed E-state index contributed by atoms with van der Waals surface area (Å²) in [6.45, 7) is -0.835. The number of Topliss-reactive ketones (excluding diaryl/α,β-unsaturated/α-hetero) is 1. The standard InChI is InChI=1S/C21H16F2N2O2/c22-16-10-24-20(25-11-16)15-8-6-14(7-9-15)19-18(13-4-2-1-3-5-13)21(19,23)17(27)12-26/h1-11,18-19,26H,12H2/t18-,19-,21+/m1/s1. The first-order valence-corrected chi connectivity index (χ1v) is 8.51. The van der Waals surface area contributed by atoms with E-state index in [-0.39, 0.29) is 0 Å². The Balaban J connectivity index is 1.67. The van der Waals surface area contributed by atoms with E-state index in [4.69, 9.17) is 0 Å². The number of alkyl halides is 1. The summed E-state index contributed by atoms with van der Waals surface area (Å²) in [6.07, 6.45) is 2.16. The van der Waals surface area contributed by atoms with E-state index in [1.54, 1.807) is 48.5 Å². The van der Waals surface area contributed by atoms with Gasteiger partial charge in [-0.15, -0.1) is 0 Å². The van der Waals surface area contributed by atoms with Gasteiger partial charge < -0.3 is 5.11 Å². The smallest absolute Gasteiger partial charge is 0.196 e. The highest BCUT2D eigenvalue weighted by molar-refractivity contribution is 5.95. The lowest BCUT2D eigenvalue weighted by Crippen LogP contribution is -2.24. The number of hydrogen-bond donors (Lipinski definition) is 1. The van der Waals surface area contributed by atoms with Crippen molar-refractivity contribution in [3.05, 3.63) is 83.9 Å². The molecule has 1 saturated carbocycles. The van der Waals surface area contributed by atoms with E-state index in [1.165, 1.54) is 0 Å². The third kappa shape index (κ3) is 2.92. The first kappa shape index (κ1) is 17.4. The monoisotopic (exact) mass is 366 g/mol. The largest absolute Gasteiger partial charge is 0.388 e. The molecule has 0 amide bonds. The fourth-order valence-electron chi connectivity index (χ4n) is 3.66. The zero-order valence-electron chi connectivity index (χ0n) is 14.2. The number of carbonyl (C=O) groups excluding carboxylic acids is 1. The number of aliphatic hydroxyl groups is 1. The van der Waals surface area contributed by atoms with Gasteiger partial charge in [-0.3, -0.25) is 4.79 Å². The molecule has 6 heteroatoms. The van der Waals surface area contributed by atoms with E-state index in [2.05, 4.69) is 9.97 Å². The number of ketones is 1. The molecule has 1 fully saturated rings. The first-order chi connectivity index (χ1) is 13.1. The van der Waals surface area contributed by atoms with Gasteiger partial charge in [0.1, 0.15) is 6.61 Å². The Kier molecular flexibility index (Phi) is 4.28. The van der Waals surface area contributed by atoms with Crippen molar-refractivity contribution in [3.63, 3.8) is 0 Å². The van der Waals surface area contributed by atoms with Crippen molar-refractivity contribution in [1.29, 1.82) is 0 Å². The number of benzene rings is 2. The Morgan fingerprint density at radius 3 is 2.07 bits per heavy atom. The Bertz CT molecular complexity index is 962. The van der Waals surface area contributed by atoms with Gasteiger partial charge in [0, 0.05) is 17.4 Å². The SMILES string of the molecule is O=C(CO)[C@]1(F)[C@H](c2ccccc2)[C@H]1c1ccc(-c2ncc(F)cn2)cc1. The fourth-order valence-corrected chi connectivity index (χ4v) is 3.66. The second-order valence-electron chi connectivity index (χ2n) is 6.56. The van der Waals surface area contributed by atoms with E-state index in [0.29, 0.717) is 17.0 Å². The molecular weight excluding hydrogens is 350 g/mol. The van der Waals surface area contributed by atoms with Crippen molar-refractivity contribution < 1.29 is 18.7 Å². The quantitative estimate of drug-likeness (QED) is 0.751. The van der Waals surface area contributed by atoms with Crippen LogP contribution < -0.4 is 0 Å². The van der Waals surface area contributed by atoms with Crippen LogP contribution in [0.1, 0.15) is 23.0 Å². The average molecular weight is 366 g/mol. The van der Waals surface area contributed by atoms with Crippen molar-refractivity contribution in [2.24, 2.45) is 0 Å². The molecule has 0 radical (unpaired) electrons. The molecule has 1 aliphatic rings. The maximum Gasteiger partial charge on any atom is 0.196 e. The lowest BCUT2D eigenvalue weighted by molar-refractivity contribution is -0.128. The summed E-state index contributed by atoms with van der Waals surface area (Å²) in [4.78, 5) is 20.0. The number of rotatable bonds is 5. The number of hydrogen-bond acceptors (Lipinski definition) is 4. The highest BCUT2D eigenvalue weighted by Gasteiger charge is 2.71. The summed E-state index contributed by atoms with van der Waals surface area (Å²) in [5.74, 6) is -2.28. The maximum atomic E-state index is 15.5. The van der Waals surface area contributed by atoms with E-state index < -0.39 is 35.7 Å². The summed E-state index contributed by atoms with van der Waals surface area (Å²) in [7, 11) is 0. The van der Waals surface area contributed by atoms with Crippen LogP contribution in [-0.4, -0.2) is 33.1 Å². The molecule has 1 aliphatic carbocycles. The second kappa shape index (κ2) is 6.63. The summed E-state index contributed by atoms with van der Waals surface area (Å²) >= 11 is 0. The van der Waals surface area contributed by atoms with Crippen molar-refractivity contribution in [3.8, 4) is 11.4 Å². The van der Waals surface area contributed by atoms with Gasteiger partial charge in [0.05, 0.1) is 12.4 Å². The Morgan fingerprint density at radius 2 is 1.52 bits per heavy atom. The lowest BCUT2D eigenvalue weighted by atomic mass is 10.0. The molecule has 1 aromatic heterocycles. The molecule has 1 heterocycles. The van der Waals surface area contributed by atoms with Gasteiger partial charge in [0.15, 0.2) is 23.1 Å². The van der Waals surface area contributed by atoms with Gasteiger partial charge in [-0.05, 0) is 11.1 Å². The predicted octanol–water partition coefficient (Wildman–Crippen LogP) is 3.43. The van der Waals surface area contributed by atoms with Gasteiger partial charge >= 0.3 is 0 Å². The average Bonchev–Trinajstić information content (AvgIpc) is 3.35. The van der Waals surface area contributed by atoms with Crippen LogP contribution in [0.25, 0.3) is 11.4 Å². The van der Waals surface area contributed by atoms with Crippen molar-refractivity contribution in [2.75, 3.05) is 6.61 Å². The topological polar surface area (TPSA) is 63.1 Å². The summed E-state index contributed by atoms with van der Waals surface area (Å²) in [5.41, 5.74) is -0.0883. The summed E-state index contributed by atoms with van der Waals surface area (Å²) in [6, 6.07) is 15.8. The zero-order chi connectivity index (χ0) is 19.0. The third-order valence-corrected chi connectivity index (χ3v) is 5.01. The molecule has 0 spiro atoms. The molecule has 1 N–H and O–H groups in total. The number of aromatic nitrogens is 2. The van der Waals surface area contributed by atoms with E-state index >= 15 is 4.39 Å². The molecule has 4 nitrogen and oxygen atoms in total. The van der Waals surface area contributed by atoms with E-state index in [9.17, 15) is 14.3 Å². The molecule has 3 aromatic rings. The zero-order valence-corrected chi connectivity index (χ0v) is 14.2. The molecule has 4 rings (SSSR count). The highest BCUT2D eigenvalue weighted by atomic mass is 19.1. The van der Waals surface area contributed by atoms with Crippen LogP contribution in [0, 0.1) is 5.82 Å². The molecule has 0 saturated heterocycles. The number of aliphatic hydroxyl groups excluding tert-OH is 1. The number of nitrogens with zero attached hydrogens (tertiary/aromatic N) is 2. The molecule has 3 atom stereocenters. The summed E-state index contributed by atoms with van der Waals surface area (Å²) in [5, 5.41) is 9.22. The minimum atomic E-state index is -2.12. The Morgan fingerprint density at radius 1 is 0.963 bits per heavy atom. The van der Waals surface area contributed by atoms with E-state index in [0.717, 1.165) is 18.0 Å². The van der Waals surface area contributed by atoms with Crippen LogP contribution in [0.4, 0.5) is 8.78 Å². The molecular formula is C21H16F2N2O2. The van der Waals surface area contributed by atoms with Gasteiger partial charge in [-0.25, -0.2) is 18.7 Å². The number of halogens is 2. The molecule has 2 aromatic carbocycles. The van der Waals surface area contributed by atoms with Crippen LogP contribution >= 0.6 is 0 Å². The van der Waals surface area contributed by atoms with Crippen LogP contribution in [0.15, 0.2) is 67.0 Å². The predicted molar refractivity (Wildman–Crippen MR) is 95.3 cm³/mol. The van der Waals surface area contributed by atoms with Gasteiger partial charge in [0.2, 0.25) is 0 Å². The van der Waals surface area contributed by atoms with Gasteiger partial charge in [-0.2, -0.15) is 0 Å². The van der Waals surface area contributed by atoms with Crippen LogP contribution in [0.2, 0.25) is 0 Å². The molecule has 27 heavy (non-hydrogen) atoms. The maximum absolute atomic E-state index is 15.5. The van der Waals surface area contributed by atoms with Crippen molar-refractivity contribution in [1.82, 2.24) is 9.97 Å². The van der Waals surface area contributed by atoms with Crippen molar-refractivity contribution in [2.45, 2.75) is 17.5 Å². The fraction of sp³-hybridized carbons (Fsp3) is 0.190. The second-order valence-corrected chi connectivity index (χ2v) is 6.56. The number of carbonyl (C=O) groups is 1. The van der Waals surface area contributed by atoms with Gasteiger partial charge in [-0.1, -0.05) is 54.6 Å². The van der Waals surface area contributed by atoms with Crippen LogP contribution in [0.3, 0.4) is 0 Å². The highest BCUT2D eigenvalue weighted by Crippen LogP contribution is 2.66. The Labute approximate surface area is 154 Å². The molecule has 0 bridgehead atoms. The normalized spacial score (nSPS) is 23.8.